The standard InChI is InChI=1S/C15H26N2O/c1-4-13-7-9-15(10-8-13)17(2)12-14(16)6-5-11-18-3/h7-10,14H,4-6,11-12,16H2,1-3H3. The second kappa shape index (κ2) is 8.11. The number of methoxy groups -OCH3 is 1. The molecule has 3 heteroatoms. The van der Waals surface area contributed by atoms with E-state index in [9.17, 15) is 0 Å². The fourth-order valence-electron chi connectivity index (χ4n) is 2.02. The van der Waals surface area contributed by atoms with E-state index in [1.165, 1.54) is 11.3 Å². The number of aryl methyl sites for hydroxylation is 1. The lowest BCUT2D eigenvalue weighted by molar-refractivity contribution is 0.190. The first-order valence-electron chi connectivity index (χ1n) is 6.72. The largest absolute Gasteiger partial charge is 0.385 e. The quantitative estimate of drug-likeness (QED) is 0.720. The first-order valence-corrected chi connectivity index (χ1v) is 6.72. The van der Waals surface area contributed by atoms with Gasteiger partial charge in [0.1, 0.15) is 0 Å². The predicted molar refractivity (Wildman–Crippen MR) is 78.2 cm³/mol. The van der Waals surface area contributed by atoms with E-state index in [4.69, 9.17) is 10.5 Å². The van der Waals surface area contributed by atoms with Crippen LogP contribution in [0.2, 0.25) is 0 Å². The minimum atomic E-state index is 0.205. The molecule has 1 rings (SSSR count). The van der Waals surface area contributed by atoms with Crippen LogP contribution < -0.4 is 10.6 Å². The summed E-state index contributed by atoms with van der Waals surface area (Å²) in [5, 5.41) is 0. The summed E-state index contributed by atoms with van der Waals surface area (Å²) in [5.41, 5.74) is 8.71. The Morgan fingerprint density at radius 2 is 1.94 bits per heavy atom. The van der Waals surface area contributed by atoms with Crippen LogP contribution in [-0.4, -0.2) is 33.4 Å². The van der Waals surface area contributed by atoms with Gasteiger partial charge in [-0.15, -0.1) is 0 Å². The molecule has 0 radical (unpaired) electrons. The normalized spacial score (nSPS) is 12.4. The molecule has 0 aromatic heterocycles. The highest BCUT2D eigenvalue weighted by molar-refractivity contribution is 5.47. The van der Waals surface area contributed by atoms with Crippen molar-refractivity contribution in [2.45, 2.75) is 32.2 Å². The molecule has 18 heavy (non-hydrogen) atoms. The maximum atomic E-state index is 6.11. The van der Waals surface area contributed by atoms with Crippen LogP contribution >= 0.6 is 0 Å². The predicted octanol–water partition coefficient (Wildman–Crippen LogP) is 2.44. The minimum Gasteiger partial charge on any atom is -0.385 e. The number of likely N-dealkylation sites (N-methyl/N-ethyl adjacent to an activating group) is 1. The van der Waals surface area contributed by atoms with Gasteiger partial charge in [0.25, 0.3) is 0 Å². The van der Waals surface area contributed by atoms with Crippen LogP contribution in [0.3, 0.4) is 0 Å². The number of nitrogens with two attached hydrogens (primary N) is 1. The van der Waals surface area contributed by atoms with Gasteiger partial charge in [0.2, 0.25) is 0 Å². The Labute approximate surface area is 111 Å². The molecule has 1 aromatic rings. The second-order valence-electron chi connectivity index (χ2n) is 4.80. The lowest BCUT2D eigenvalue weighted by Crippen LogP contribution is -2.35. The number of benzene rings is 1. The third kappa shape index (κ3) is 5.07. The van der Waals surface area contributed by atoms with Crippen molar-refractivity contribution in [3.63, 3.8) is 0 Å². The number of rotatable bonds is 8. The van der Waals surface area contributed by atoms with Gasteiger partial charge in [-0.3, -0.25) is 0 Å². The van der Waals surface area contributed by atoms with Gasteiger partial charge < -0.3 is 15.4 Å². The molecular formula is C15H26N2O. The Morgan fingerprint density at radius 3 is 2.50 bits per heavy atom. The summed E-state index contributed by atoms with van der Waals surface area (Å²) in [6, 6.07) is 8.91. The Morgan fingerprint density at radius 1 is 1.28 bits per heavy atom. The summed E-state index contributed by atoms with van der Waals surface area (Å²) < 4.78 is 5.04. The molecule has 0 bridgehead atoms. The van der Waals surface area contributed by atoms with Crippen molar-refractivity contribution in [3.8, 4) is 0 Å². The van der Waals surface area contributed by atoms with Gasteiger partial charge in [-0.1, -0.05) is 19.1 Å². The molecule has 102 valence electrons. The Balaban J connectivity index is 2.40. The van der Waals surface area contributed by atoms with Crippen molar-refractivity contribution in [2.75, 3.05) is 32.2 Å². The number of ether oxygens (including phenoxy) is 1. The van der Waals surface area contributed by atoms with E-state index in [1.54, 1.807) is 7.11 Å². The molecule has 1 aromatic carbocycles. The van der Waals surface area contributed by atoms with Gasteiger partial charge in [-0.05, 0) is 37.0 Å². The van der Waals surface area contributed by atoms with Crippen LogP contribution in [-0.2, 0) is 11.2 Å². The fourth-order valence-corrected chi connectivity index (χ4v) is 2.02. The lowest BCUT2D eigenvalue weighted by Gasteiger charge is -2.23. The molecule has 0 saturated carbocycles. The molecule has 1 atom stereocenters. The van der Waals surface area contributed by atoms with Gasteiger partial charge in [0.15, 0.2) is 0 Å². The van der Waals surface area contributed by atoms with Crippen LogP contribution in [0.25, 0.3) is 0 Å². The summed E-state index contributed by atoms with van der Waals surface area (Å²) in [6.45, 7) is 3.85. The van der Waals surface area contributed by atoms with E-state index in [1.807, 2.05) is 0 Å². The number of nitrogens with zero attached hydrogens (tertiary/aromatic N) is 1. The van der Waals surface area contributed by atoms with Crippen molar-refractivity contribution in [1.29, 1.82) is 0 Å². The van der Waals surface area contributed by atoms with Crippen LogP contribution in [0.4, 0.5) is 5.69 Å². The zero-order chi connectivity index (χ0) is 13.4. The molecular weight excluding hydrogens is 224 g/mol. The lowest BCUT2D eigenvalue weighted by atomic mass is 10.1. The van der Waals surface area contributed by atoms with Gasteiger partial charge in [0.05, 0.1) is 0 Å². The minimum absolute atomic E-state index is 0.205. The molecule has 0 spiro atoms. The third-order valence-corrected chi connectivity index (χ3v) is 3.22. The van der Waals surface area contributed by atoms with Gasteiger partial charge in [-0.25, -0.2) is 0 Å². The molecule has 1 unspecified atom stereocenters. The first kappa shape index (κ1) is 15.0. The van der Waals surface area contributed by atoms with Crippen molar-refractivity contribution >= 4 is 5.69 Å². The SMILES string of the molecule is CCc1ccc(N(C)CC(N)CCCOC)cc1. The van der Waals surface area contributed by atoms with Gasteiger partial charge in [-0.2, -0.15) is 0 Å². The molecule has 0 aliphatic heterocycles. The Bertz CT molecular complexity index is 324. The van der Waals surface area contributed by atoms with Gasteiger partial charge >= 0.3 is 0 Å². The van der Waals surface area contributed by atoms with Crippen LogP contribution in [0, 0.1) is 0 Å². The summed E-state index contributed by atoms with van der Waals surface area (Å²) in [7, 11) is 3.82. The molecule has 2 N–H and O–H groups in total. The highest BCUT2D eigenvalue weighted by Crippen LogP contribution is 2.14. The topological polar surface area (TPSA) is 38.5 Å². The van der Waals surface area contributed by atoms with E-state index >= 15 is 0 Å². The second-order valence-corrected chi connectivity index (χ2v) is 4.80. The number of hydrogen-bond donors (Lipinski definition) is 1. The zero-order valence-corrected chi connectivity index (χ0v) is 11.9. The molecule has 0 aliphatic carbocycles. The molecule has 0 aliphatic rings. The van der Waals surface area contributed by atoms with E-state index in [0.29, 0.717) is 0 Å². The van der Waals surface area contributed by atoms with Crippen molar-refractivity contribution in [2.24, 2.45) is 5.73 Å². The fraction of sp³-hybridized carbons (Fsp3) is 0.600. The zero-order valence-electron chi connectivity index (χ0n) is 11.9. The van der Waals surface area contributed by atoms with Crippen molar-refractivity contribution in [1.82, 2.24) is 0 Å². The molecule has 3 nitrogen and oxygen atoms in total. The van der Waals surface area contributed by atoms with E-state index in [-0.39, 0.29) is 6.04 Å². The highest BCUT2D eigenvalue weighted by Gasteiger charge is 2.07. The smallest absolute Gasteiger partial charge is 0.0462 e. The third-order valence-electron chi connectivity index (χ3n) is 3.22. The first-order chi connectivity index (χ1) is 8.67. The van der Waals surface area contributed by atoms with Crippen LogP contribution in [0.15, 0.2) is 24.3 Å². The van der Waals surface area contributed by atoms with E-state index < -0.39 is 0 Å². The highest BCUT2D eigenvalue weighted by atomic mass is 16.5. The molecule has 0 fully saturated rings. The monoisotopic (exact) mass is 250 g/mol. The average molecular weight is 250 g/mol. The number of anilines is 1. The van der Waals surface area contributed by atoms with Crippen LogP contribution in [0.5, 0.6) is 0 Å². The van der Waals surface area contributed by atoms with Gasteiger partial charge in [0, 0.05) is 39.0 Å². The summed E-state index contributed by atoms with van der Waals surface area (Å²) in [6.07, 6.45) is 3.12. The Hall–Kier alpha value is -1.06. The van der Waals surface area contributed by atoms with E-state index in [2.05, 4.69) is 43.1 Å². The average Bonchev–Trinajstić information content (AvgIpc) is 2.39. The molecule has 0 amide bonds. The Kier molecular flexibility index (Phi) is 6.76. The number of hydrogen-bond acceptors (Lipinski definition) is 3. The van der Waals surface area contributed by atoms with Crippen molar-refractivity contribution < 1.29 is 4.74 Å². The van der Waals surface area contributed by atoms with Crippen molar-refractivity contribution in [3.05, 3.63) is 29.8 Å². The molecule has 0 saturated heterocycles. The van der Waals surface area contributed by atoms with Crippen LogP contribution in [0.1, 0.15) is 25.3 Å². The maximum Gasteiger partial charge on any atom is 0.0462 e. The summed E-state index contributed by atoms with van der Waals surface area (Å²) >= 11 is 0. The maximum absolute atomic E-state index is 6.11. The summed E-state index contributed by atoms with van der Waals surface area (Å²) in [4.78, 5) is 2.22. The molecule has 0 heterocycles. The summed E-state index contributed by atoms with van der Waals surface area (Å²) in [5.74, 6) is 0. The van der Waals surface area contributed by atoms with E-state index in [0.717, 1.165) is 32.4 Å².